The molecule has 1 aromatic heterocycles. The number of benzene rings is 1. The van der Waals surface area contributed by atoms with Gasteiger partial charge in [0.15, 0.2) is 6.23 Å². The van der Waals surface area contributed by atoms with E-state index in [9.17, 15) is 18.4 Å². The summed E-state index contributed by atoms with van der Waals surface area (Å²) in [5, 5.41) is 18.9. The maximum atomic E-state index is 13.3. The summed E-state index contributed by atoms with van der Waals surface area (Å²) in [6, 6.07) is 3.99. The maximum Gasteiger partial charge on any atom is 0.418 e. The zero-order valence-electron chi connectivity index (χ0n) is 14.8. The van der Waals surface area contributed by atoms with Crippen molar-refractivity contribution in [2.24, 2.45) is 7.05 Å². The van der Waals surface area contributed by atoms with E-state index in [0.29, 0.717) is 30.8 Å². The molecule has 2 heterocycles. The molecule has 144 valence electrons. The van der Waals surface area contributed by atoms with Crippen molar-refractivity contribution in [3.8, 4) is 0 Å². The first kappa shape index (κ1) is 19.1. The third-order valence-corrected chi connectivity index (χ3v) is 4.34. The number of alkyl halides is 3. The molecule has 26 heavy (non-hydrogen) atoms. The van der Waals surface area contributed by atoms with Crippen LogP contribution in [0.3, 0.4) is 0 Å². The molecule has 3 rings (SSSR count). The number of fused-ring (bicyclic) bond motifs is 1. The summed E-state index contributed by atoms with van der Waals surface area (Å²) in [5.74, 6) is 0. The number of halogens is 3. The molecule has 0 bridgehead atoms. The van der Waals surface area contributed by atoms with E-state index in [1.807, 2.05) is 0 Å². The SMILES string of the molecule is Cn1nc(C(C)(C)NN(O)C2CNCCO2)c2cccc(C(F)(F)F)c21. The van der Waals surface area contributed by atoms with Crippen molar-refractivity contribution in [1.29, 1.82) is 0 Å². The predicted molar refractivity (Wildman–Crippen MR) is 88.1 cm³/mol. The van der Waals surface area contributed by atoms with Gasteiger partial charge in [-0.25, -0.2) is 5.43 Å². The minimum Gasteiger partial charge on any atom is -0.357 e. The van der Waals surface area contributed by atoms with Crippen LogP contribution < -0.4 is 10.7 Å². The van der Waals surface area contributed by atoms with Gasteiger partial charge in [0.25, 0.3) is 0 Å². The molecule has 1 atom stereocenters. The summed E-state index contributed by atoms with van der Waals surface area (Å²) < 4.78 is 46.7. The highest BCUT2D eigenvalue weighted by atomic mass is 19.4. The van der Waals surface area contributed by atoms with Crippen molar-refractivity contribution in [2.75, 3.05) is 19.7 Å². The summed E-state index contributed by atoms with van der Waals surface area (Å²) in [6.45, 7) is 5.02. The molecule has 0 radical (unpaired) electrons. The van der Waals surface area contributed by atoms with Crippen molar-refractivity contribution in [2.45, 2.75) is 31.8 Å². The molecule has 0 spiro atoms. The van der Waals surface area contributed by atoms with Gasteiger partial charge in [-0.05, 0) is 19.9 Å². The van der Waals surface area contributed by atoms with Crippen molar-refractivity contribution >= 4 is 10.9 Å². The lowest BCUT2D eigenvalue weighted by molar-refractivity contribution is -0.265. The average Bonchev–Trinajstić information content (AvgIpc) is 2.92. The first-order valence-corrected chi connectivity index (χ1v) is 8.23. The van der Waals surface area contributed by atoms with Gasteiger partial charge in [0.2, 0.25) is 0 Å². The second kappa shape index (κ2) is 6.78. The number of hydroxylamine groups is 1. The minimum atomic E-state index is -4.48. The Balaban J connectivity index is 1.96. The van der Waals surface area contributed by atoms with Crippen LogP contribution >= 0.6 is 0 Å². The highest BCUT2D eigenvalue weighted by Gasteiger charge is 2.37. The lowest BCUT2D eigenvalue weighted by atomic mass is 9.97. The van der Waals surface area contributed by atoms with Gasteiger partial charge in [0.05, 0.1) is 28.9 Å². The Hall–Kier alpha value is -1.72. The first-order chi connectivity index (χ1) is 12.1. The molecule has 0 amide bonds. The van der Waals surface area contributed by atoms with E-state index in [0.717, 1.165) is 11.2 Å². The Kier molecular flexibility index (Phi) is 4.97. The van der Waals surface area contributed by atoms with Gasteiger partial charge in [-0.2, -0.15) is 18.3 Å². The number of morpholine rings is 1. The van der Waals surface area contributed by atoms with Crippen LogP contribution in [-0.4, -0.2) is 46.1 Å². The number of hydrogen-bond donors (Lipinski definition) is 3. The third kappa shape index (κ3) is 3.55. The van der Waals surface area contributed by atoms with Gasteiger partial charge < -0.3 is 10.1 Å². The smallest absolute Gasteiger partial charge is 0.357 e. The monoisotopic (exact) mass is 373 g/mol. The van der Waals surface area contributed by atoms with Crippen LogP contribution in [0.4, 0.5) is 13.2 Å². The van der Waals surface area contributed by atoms with Crippen molar-refractivity contribution in [3.63, 3.8) is 0 Å². The lowest BCUT2D eigenvalue weighted by Gasteiger charge is -2.35. The lowest BCUT2D eigenvalue weighted by Crippen LogP contribution is -2.57. The predicted octanol–water partition coefficient (Wildman–Crippen LogP) is 1.97. The molecule has 7 nitrogen and oxygen atoms in total. The summed E-state index contributed by atoms with van der Waals surface area (Å²) >= 11 is 0. The van der Waals surface area contributed by atoms with Crippen molar-refractivity contribution < 1.29 is 23.1 Å². The van der Waals surface area contributed by atoms with E-state index in [4.69, 9.17) is 4.74 Å². The van der Waals surface area contributed by atoms with Gasteiger partial charge in [0.1, 0.15) is 0 Å². The summed E-state index contributed by atoms with van der Waals surface area (Å²) in [7, 11) is 1.47. The molecule has 1 aromatic carbocycles. The highest BCUT2D eigenvalue weighted by molar-refractivity contribution is 5.86. The summed E-state index contributed by atoms with van der Waals surface area (Å²) in [4.78, 5) is 0. The van der Waals surface area contributed by atoms with Crippen LogP contribution in [0.1, 0.15) is 25.1 Å². The van der Waals surface area contributed by atoms with Gasteiger partial charge in [-0.15, -0.1) is 0 Å². The molecule has 1 saturated heterocycles. The second-order valence-electron chi connectivity index (χ2n) is 6.78. The maximum absolute atomic E-state index is 13.3. The largest absolute Gasteiger partial charge is 0.418 e. The molecular weight excluding hydrogens is 351 g/mol. The van der Waals surface area contributed by atoms with Gasteiger partial charge in [0, 0.05) is 25.5 Å². The number of rotatable bonds is 4. The van der Waals surface area contributed by atoms with Gasteiger partial charge in [-0.3, -0.25) is 9.89 Å². The Morgan fingerprint density at radius 1 is 1.38 bits per heavy atom. The standard InChI is InChI=1S/C16H22F3N5O2/c1-15(2,22-24(25)12-9-20-7-8-26-12)14-10-5-4-6-11(16(17,18)19)13(10)23(3)21-14/h4-6,12,20,22,25H,7-9H2,1-3H3. The van der Waals surface area contributed by atoms with Crippen LogP contribution in [0.25, 0.3) is 10.9 Å². The minimum absolute atomic E-state index is 0.00458. The zero-order valence-corrected chi connectivity index (χ0v) is 14.8. The number of aryl methyl sites for hydroxylation is 1. The molecule has 2 aromatic rings. The molecule has 1 fully saturated rings. The van der Waals surface area contributed by atoms with Crippen LogP contribution in [0.5, 0.6) is 0 Å². The fourth-order valence-electron chi connectivity index (χ4n) is 3.15. The zero-order chi connectivity index (χ0) is 19.1. The Labute approximate surface area is 148 Å². The third-order valence-electron chi connectivity index (χ3n) is 4.34. The van der Waals surface area contributed by atoms with Crippen LogP contribution in [0.2, 0.25) is 0 Å². The van der Waals surface area contributed by atoms with Crippen LogP contribution in [-0.2, 0) is 23.5 Å². The quantitative estimate of drug-likeness (QED) is 0.712. The second-order valence-corrected chi connectivity index (χ2v) is 6.78. The van der Waals surface area contributed by atoms with E-state index in [1.54, 1.807) is 19.9 Å². The van der Waals surface area contributed by atoms with E-state index >= 15 is 0 Å². The Bertz CT molecular complexity index is 784. The van der Waals surface area contributed by atoms with Gasteiger partial charge in [-0.1, -0.05) is 17.3 Å². The average molecular weight is 373 g/mol. The number of nitrogens with zero attached hydrogens (tertiary/aromatic N) is 3. The molecular formula is C16H22F3N5O2. The fourth-order valence-corrected chi connectivity index (χ4v) is 3.15. The number of aromatic nitrogens is 2. The number of hydrogen-bond acceptors (Lipinski definition) is 6. The molecule has 10 heteroatoms. The van der Waals surface area contributed by atoms with Crippen molar-refractivity contribution in [1.82, 2.24) is 25.7 Å². The fraction of sp³-hybridized carbons (Fsp3) is 0.562. The number of ether oxygens (including phenoxy) is 1. The number of para-hydroxylation sites is 1. The first-order valence-electron chi connectivity index (χ1n) is 8.23. The molecule has 0 saturated carbocycles. The van der Waals surface area contributed by atoms with Crippen LogP contribution in [0.15, 0.2) is 18.2 Å². The van der Waals surface area contributed by atoms with Crippen LogP contribution in [0, 0.1) is 0 Å². The molecule has 0 aliphatic carbocycles. The Morgan fingerprint density at radius 2 is 2.12 bits per heavy atom. The van der Waals surface area contributed by atoms with E-state index < -0.39 is 23.5 Å². The normalized spacial score (nSPS) is 19.5. The molecule has 1 unspecified atom stereocenters. The van der Waals surface area contributed by atoms with E-state index in [2.05, 4.69) is 15.8 Å². The van der Waals surface area contributed by atoms with E-state index in [-0.39, 0.29) is 5.52 Å². The molecule has 1 aliphatic heterocycles. The topological polar surface area (TPSA) is 74.6 Å². The Morgan fingerprint density at radius 3 is 2.73 bits per heavy atom. The van der Waals surface area contributed by atoms with E-state index in [1.165, 1.54) is 17.8 Å². The summed E-state index contributed by atoms with van der Waals surface area (Å²) in [6.07, 6.45) is -5.09. The highest BCUT2D eigenvalue weighted by Crippen LogP contribution is 2.37. The molecule has 3 N–H and O–H groups in total. The molecule has 1 aliphatic rings. The number of hydrazine groups is 1. The number of nitrogens with one attached hydrogen (secondary N) is 2. The van der Waals surface area contributed by atoms with Crippen molar-refractivity contribution in [3.05, 3.63) is 29.5 Å². The summed E-state index contributed by atoms with van der Waals surface area (Å²) in [5.41, 5.74) is 1.58. The van der Waals surface area contributed by atoms with Gasteiger partial charge >= 0.3 is 6.18 Å².